The second-order valence-corrected chi connectivity index (χ2v) is 7.24. The predicted octanol–water partition coefficient (Wildman–Crippen LogP) is 1.46. The molecule has 3 N–H and O–H groups in total. The summed E-state index contributed by atoms with van der Waals surface area (Å²) in [5, 5.41) is 29.8. The molecule has 2 atom stereocenters. The Bertz CT molecular complexity index is 1060. The third-order valence-electron chi connectivity index (χ3n) is 5.39. The third kappa shape index (κ3) is 2.72. The van der Waals surface area contributed by atoms with E-state index in [4.69, 9.17) is 9.84 Å². The Morgan fingerprint density at radius 2 is 1.83 bits per heavy atom. The number of phenols is 2. The van der Waals surface area contributed by atoms with Crippen LogP contribution in [0.25, 0.3) is 0 Å². The molecule has 1 heterocycles. The van der Waals surface area contributed by atoms with Gasteiger partial charge < -0.3 is 20.1 Å². The summed E-state index contributed by atoms with van der Waals surface area (Å²) in [6.07, 6.45) is 1.08. The van der Waals surface area contributed by atoms with E-state index in [0.717, 1.165) is 6.08 Å². The van der Waals surface area contributed by atoms with Gasteiger partial charge in [-0.1, -0.05) is 0 Å². The molecule has 1 aromatic carbocycles. The molecule has 0 bridgehead atoms. The number of ether oxygens (including phenoxy) is 1. The minimum Gasteiger partial charge on any atom is -0.507 e. The van der Waals surface area contributed by atoms with Gasteiger partial charge in [-0.05, 0) is 27.7 Å². The first kappa shape index (κ1) is 20.2. The van der Waals surface area contributed by atoms with Gasteiger partial charge in [0.1, 0.15) is 46.4 Å². The van der Waals surface area contributed by atoms with Gasteiger partial charge >= 0.3 is 5.97 Å². The van der Waals surface area contributed by atoms with Crippen molar-refractivity contribution in [2.75, 3.05) is 6.54 Å². The van der Waals surface area contributed by atoms with Crippen molar-refractivity contribution in [1.82, 2.24) is 0 Å². The van der Waals surface area contributed by atoms with Crippen LogP contribution >= 0.6 is 0 Å². The average molecular weight is 401 g/mol. The number of aliphatic carboxylic acids is 1. The fourth-order valence-electron chi connectivity index (χ4n) is 3.78. The topological polar surface area (TPSA) is 151 Å². The van der Waals surface area contributed by atoms with Gasteiger partial charge in [-0.25, -0.2) is 0 Å². The number of hydrogen-bond donors (Lipinski definition) is 3. The second-order valence-electron chi connectivity index (χ2n) is 7.24. The fraction of sp³-hybridized carbons (Fsp3) is 0.350. The summed E-state index contributed by atoms with van der Waals surface area (Å²) >= 11 is 0. The van der Waals surface area contributed by atoms with Crippen molar-refractivity contribution in [1.29, 1.82) is 0 Å². The number of nitrogens with zero attached hydrogens (tertiary/aromatic N) is 1. The van der Waals surface area contributed by atoms with Gasteiger partial charge in [0.15, 0.2) is 17.3 Å². The van der Waals surface area contributed by atoms with Crippen molar-refractivity contribution in [2.45, 2.75) is 33.1 Å². The number of fused-ring (bicyclic) bond motifs is 3. The first-order chi connectivity index (χ1) is 13.4. The zero-order valence-electron chi connectivity index (χ0n) is 16.2. The number of rotatable bonds is 4. The lowest BCUT2D eigenvalue weighted by atomic mass is 9.67. The van der Waals surface area contributed by atoms with Crippen molar-refractivity contribution in [3.05, 3.63) is 28.5 Å². The van der Waals surface area contributed by atoms with Crippen molar-refractivity contribution in [3.63, 3.8) is 0 Å². The smallest absolute Gasteiger partial charge is 0.325 e. The third-order valence-corrected chi connectivity index (χ3v) is 5.39. The Hall–Kier alpha value is -3.49. The highest BCUT2D eigenvalue weighted by molar-refractivity contribution is 6.29. The summed E-state index contributed by atoms with van der Waals surface area (Å²) in [5.74, 6) is -5.56. The Kier molecular flexibility index (Phi) is 4.57. The second kappa shape index (κ2) is 6.54. The molecule has 0 saturated carbocycles. The number of ketones is 3. The molecule has 152 valence electrons. The molecule has 0 saturated heterocycles. The van der Waals surface area contributed by atoms with E-state index in [2.05, 4.69) is 4.99 Å². The van der Waals surface area contributed by atoms with Gasteiger partial charge in [0.05, 0.1) is 5.56 Å². The summed E-state index contributed by atoms with van der Waals surface area (Å²) in [5.41, 5.74) is -1.80. The molecule has 1 aromatic rings. The molecule has 1 aliphatic heterocycles. The highest BCUT2D eigenvalue weighted by atomic mass is 16.5. The lowest BCUT2D eigenvalue weighted by molar-refractivity contribution is -0.136. The lowest BCUT2D eigenvalue weighted by Gasteiger charge is -2.31. The molecule has 0 fully saturated rings. The number of hydrogen-bond acceptors (Lipinski definition) is 8. The van der Waals surface area contributed by atoms with E-state index in [1.54, 1.807) is 0 Å². The first-order valence-electron chi connectivity index (χ1n) is 8.73. The van der Waals surface area contributed by atoms with Crippen LogP contribution in [0.4, 0.5) is 0 Å². The number of aromatic hydroxyl groups is 2. The SMILES string of the molecule is CC(=O)c1c(O)c(C)c(O)c2c1OC1=CC(=O)C(C(C)=NCC(=O)O)C(=O)C12C. The van der Waals surface area contributed by atoms with Crippen molar-refractivity contribution in [3.8, 4) is 17.2 Å². The number of aliphatic imine (C=N–C) groups is 1. The number of carbonyl (C=O) groups is 4. The van der Waals surface area contributed by atoms with E-state index in [0.29, 0.717) is 0 Å². The average Bonchev–Trinajstić information content (AvgIpc) is 2.91. The summed E-state index contributed by atoms with van der Waals surface area (Å²) in [6, 6.07) is 0. The van der Waals surface area contributed by atoms with E-state index in [-0.39, 0.29) is 33.9 Å². The van der Waals surface area contributed by atoms with Gasteiger partial charge in [0, 0.05) is 17.4 Å². The van der Waals surface area contributed by atoms with Crippen molar-refractivity contribution < 1.29 is 39.2 Å². The number of carboxylic acid groups (broad SMARTS) is 1. The van der Waals surface area contributed by atoms with Crippen LogP contribution in [0.15, 0.2) is 16.8 Å². The molecule has 9 heteroatoms. The van der Waals surface area contributed by atoms with Gasteiger partial charge in [0.2, 0.25) is 0 Å². The van der Waals surface area contributed by atoms with Crippen LogP contribution in [-0.2, 0) is 19.8 Å². The Morgan fingerprint density at radius 1 is 1.21 bits per heavy atom. The maximum atomic E-state index is 13.4. The Balaban J connectivity index is 2.26. The van der Waals surface area contributed by atoms with Crippen LogP contribution in [0.3, 0.4) is 0 Å². The largest absolute Gasteiger partial charge is 0.507 e. The van der Waals surface area contributed by atoms with Gasteiger partial charge in [-0.2, -0.15) is 0 Å². The molecule has 1 aliphatic carbocycles. The summed E-state index contributed by atoms with van der Waals surface area (Å²) < 4.78 is 5.63. The summed E-state index contributed by atoms with van der Waals surface area (Å²) in [4.78, 5) is 52.6. The summed E-state index contributed by atoms with van der Waals surface area (Å²) in [6.45, 7) is 4.81. The Morgan fingerprint density at radius 3 is 2.38 bits per heavy atom. The normalized spacial score (nSPS) is 23.2. The number of Topliss-reactive ketones (excluding diaryl/α,β-unsaturated/α-hetero) is 2. The quantitative estimate of drug-likeness (QED) is 0.390. The molecule has 0 aromatic heterocycles. The predicted molar refractivity (Wildman–Crippen MR) is 99.7 cm³/mol. The van der Waals surface area contributed by atoms with Crippen LogP contribution in [-0.4, -0.2) is 50.9 Å². The zero-order valence-corrected chi connectivity index (χ0v) is 16.2. The van der Waals surface area contributed by atoms with Crippen LogP contribution in [0.2, 0.25) is 0 Å². The number of carbonyl (C=O) groups excluding carboxylic acids is 3. The zero-order chi connectivity index (χ0) is 21.8. The lowest BCUT2D eigenvalue weighted by Crippen LogP contribution is -2.47. The summed E-state index contributed by atoms with van der Waals surface area (Å²) in [7, 11) is 0. The fourth-order valence-corrected chi connectivity index (χ4v) is 3.78. The molecular formula is C20H19NO8. The first-order valence-corrected chi connectivity index (χ1v) is 8.73. The number of phenolic OH excluding ortho intramolecular Hbond substituents is 2. The van der Waals surface area contributed by atoms with Crippen LogP contribution in [0.5, 0.6) is 17.2 Å². The highest BCUT2D eigenvalue weighted by Crippen LogP contribution is 2.57. The minimum absolute atomic E-state index is 0.00228. The molecule has 0 amide bonds. The maximum Gasteiger partial charge on any atom is 0.325 e. The molecule has 2 aliphatic rings. The van der Waals surface area contributed by atoms with Crippen LogP contribution in [0.1, 0.15) is 42.3 Å². The monoisotopic (exact) mass is 401 g/mol. The Labute approximate surface area is 165 Å². The van der Waals surface area contributed by atoms with Gasteiger partial charge in [-0.15, -0.1) is 0 Å². The van der Waals surface area contributed by atoms with Crippen LogP contribution < -0.4 is 4.74 Å². The number of allylic oxidation sites excluding steroid dienone is 2. The molecular weight excluding hydrogens is 382 g/mol. The molecule has 0 spiro atoms. The van der Waals surface area contributed by atoms with E-state index in [1.165, 1.54) is 27.7 Å². The highest BCUT2D eigenvalue weighted by Gasteiger charge is 2.57. The van der Waals surface area contributed by atoms with E-state index >= 15 is 0 Å². The van der Waals surface area contributed by atoms with Gasteiger partial charge in [-0.3, -0.25) is 24.2 Å². The molecule has 29 heavy (non-hydrogen) atoms. The van der Waals surface area contributed by atoms with E-state index in [1.807, 2.05) is 0 Å². The maximum absolute atomic E-state index is 13.4. The van der Waals surface area contributed by atoms with Gasteiger partial charge in [0.25, 0.3) is 0 Å². The molecule has 2 unspecified atom stereocenters. The number of benzene rings is 1. The molecule has 3 rings (SSSR count). The van der Waals surface area contributed by atoms with E-state index < -0.39 is 52.7 Å². The van der Waals surface area contributed by atoms with E-state index in [9.17, 15) is 29.4 Å². The standard InChI is InChI=1S/C20H19NO8/c1-7-16(26)14(9(3)22)18-15(17(7)27)20(4)11(29-18)5-10(23)13(19(20)28)8(2)21-6-12(24)25/h5,13,26-27H,6H2,1-4H3,(H,24,25). The van der Waals surface area contributed by atoms with Crippen molar-refractivity contribution in [2.24, 2.45) is 10.9 Å². The molecule has 0 radical (unpaired) electrons. The number of carboxylic acids is 1. The van der Waals surface area contributed by atoms with Crippen LogP contribution in [0, 0.1) is 12.8 Å². The molecule has 9 nitrogen and oxygen atoms in total. The van der Waals surface area contributed by atoms with Crippen molar-refractivity contribution >= 4 is 29.0 Å². The minimum atomic E-state index is -1.61.